The first-order valence-electron chi connectivity index (χ1n) is 6.68. The molecule has 3 amide bonds. The molecule has 1 rings (SSSR count). The average Bonchev–Trinajstić information content (AvgIpc) is 2.45. The molecular formula is C14H22N4O3. The molecule has 0 aliphatic heterocycles. The van der Waals surface area contributed by atoms with Gasteiger partial charge in [-0.2, -0.15) is 0 Å². The van der Waals surface area contributed by atoms with Crippen LogP contribution < -0.4 is 21.7 Å². The average molecular weight is 294 g/mol. The van der Waals surface area contributed by atoms with Crippen molar-refractivity contribution in [3.63, 3.8) is 0 Å². The summed E-state index contributed by atoms with van der Waals surface area (Å²) in [6.45, 7) is 3.18. The Labute approximate surface area is 124 Å². The van der Waals surface area contributed by atoms with Crippen LogP contribution in [0.5, 0.6) is 0 Å². The smallest absolute Gasteiger partial charge is 0.316 e. The van der Waals surface area contributed by atoms with Crippen LogP contribution in [0.15, 0.2) is 24.3 Å². The Balaban J connectivity index is 2.39. The lowest BCUT2D eigenvalue weighted by atomic mass is 10.1. The largest absolute Gasteiger partial charge is 0.383 e. The maximum Gasteiger partial charge on any atom is 0.316 e. The standard InChI is InChI=1S/C14H22N4O3/c1-10(17-9-13(19)16-7-8-21-2)11-3-5-12(6-4-11)18-14(15)20/h3-6,10,17H,7-9H2,1-2H3,(H,16,19)(H3,15,18,20). The Morgan fingerprint density at radius 2 is 1.95 bits per heavy atom. The minimum atomic E-state index is -0.596. The van der Waals surface area contributed by atoms with Crippen LogP contribution >= 0.6 is 0 Å². The van der Waals surface area contributed by atoms with E-state index < -0.39 is 6.03 Å². The fourth-order valence-corrected chi connectivity index (χ4v) is 1.72. The molecule has 21 heavy (non-hydrogen) atoms. The van der Waals surface area contributed by atoms with Gasteiger partial charge in [-0.15, -0.1) is 0 Å². The number of benzene rings is 1. The number of carbonyl (C=O) groups is 2. The zero-order valence-electron chi connectivity index (χ0n) is 12.3. The second-order valence-electron chi connectivity index (χ2n) is 4.56. The van der Waals surface area contributed by atoms with E-state index in [4.69, 9.17) is 10.5 Å². The number of hydrogen-bond donors (Lipinski definition) is 4. The van der Waals surface area contributed by atoms with Crippen LogP contribution in [-0.2, 0) is 9.53 Å². The van der Waals surface area contributed by atoms with Crippen LogP contribution in [0.1, 0.15) is 18.5 Å². The zero-order valence-corrected chi connectivity index (χ0v) is 12.3. The van der Waals surface area contributed by atoms with Crippen LogP contribution in [0, 0.1) is 0 Å². The number of primary amides is 1. The van der Waals surface area contributed by atoms with Crippen molar-refractivity contribution in [2.75, 3.05) is 32.1 Å². The number of rotatable bonds is 8. The Morgan fingerprint density at radius 1 is 1.29 bits per heavy atom. The van der Waals surface area contributed by atoms with E-state index in [1.54, 1.807) is 19.2 Å². The number of ether oxygens (including phenoxy) is 1. The third-order valence-corrected chi connectivity index (χ3v) is 2.88. The van der Waals surface area contributed by atoms with E-state index in [2.05, 4.69) is 16.0 Å². The summed E-state index contributed by atoms with van der Waals surface area (Å²) in [5.74, 6) is -0.0779. The minimum Gasteiger partial charge on any atom is -0.383 e. The maximum absolute atomic E-state index is 11.5. The molecule has 7 heteroatoms. The molecule has 1 atom stereocenters. The molecule has 0 radical (unpaired) electrons. The Morgan fingerprint density at radius 3 is 2.52 bits per heavy atom. The molecule has 0 aliphatic carbocycles. The summed E-state index contributed by atoms with van der Waals surface area (Å²) in [6, 6.07) is 6.67. The molecule has 1 unspecified atom stereocenters. The first-order chi connectivity index (χ1) is 10.0. The van der Waals surface area contributed by atoms with Gasteiger partial charge in [0.15, 0.2) is 0 Å². The summed E-state index contributed by atoms with van der Waals surface area (Å²) < 4.78 is 4.85. The summed E-state index contributed by atoms with van der Waals surface area (Å²) in [6.07, 6.45) is 0. The molecule has 116 valence electrons. The van der Waals surface area contributed by atoms with Crippen molar-refractivity contribution >= 4 is 17.6 Å². The van der Waals surface area contributed by atoms with Gasteiger partial charge in [-0.3, -0.25) is 4.79 Å². The van der Waals surface area contributed by atoms with Crippen LogP contribution in [0.25, 0.3) is 0 Å². The monoisotopic (exact) mass is 294 g/mol. The van der Waals surface area contributed by atoms with Crippen LogP contribution in [-0.4, -0.2) is 38.7 Å². The predicted molar refractivity (Wildman–Crippen MR) is 81.0 cm³/mol. The zero-order chi connectivity index (χ0) is 15.7. The molecule has 0 bridgehead atoms. The van der Waals surface area contributed by atoms with Crippen molar-refractivity contribution in [3.8, 4) is 0 Å². The van der Waals surface area contributed by atoms with E-state index >= 15 is 0 Å². The number of anilines is 1. The molecular weight excluding hydrogens is 272 g/mol. The van der Waals surface area contributed by atoms with Gasteiger partial charge in [-0.1, -0.05) is 12.1 Å². The summed E-state index contributed by atoms with van der Waals surface area (Å²) in [5, 5.41) is 8.35. The molecule has 1 aromatic rings. The van der Waals surface area contributed by atoms with Gasteiger partial charge in [0.1, 0.15) is 0 Å². The number of nitrogens with one attached hydrogen (secondary N) is 3. The van der Waals surface area contributed by atoms with Gasteiger partial charge >= 0.3 is 6.03 Å². The van der Waals surface area contributed by atoms with Crippen molar-refractivity contribution in [3.05, 3.63) is 29.8 Å². The molecule has 1 aromatic carbocycles. The summed E-state index contributed by atoms with van der Waals surface area (Å²) >= 11 is 0. The topological polar surface area (TPSA) is 105 Å². The second kappa shape index (κ2) is 8.93. The van der Waals surface area contributed by atoms with Crippen LogP contribution in [0.4, 0.5) is 10.5 Å². The van der Waals surface area contributed by atoms with E-state index in [1.165, 1.54) is 0 Å². The number of amides is 3. The number of carbonyl (C=O) groups excluding carboxylic acids is 2. The van der Waals surface area contributed by atoms with Crippen molar-refractivity contribution in [1.29, 1.82) is 0 Å². The number of methoxy groups -OCH3 is 1. The molecule has 0 spiro atoms. The summed E-state index contributed by atoms with van der Waals surface area (Å²) in [7, 11) is 1.59. The van der Waals surface area contributed by atoms with E-state index in [-0.39, 0.29) is 18.5 Å². The Kier molecular flexibility index (Phi) is 7.20. The lowest BCUT2D eigenvalue weighted by Gasteiger charge is -2.14. The van der Waals surface area contributed by atoms with Crippen molar-refractivity contribution < 1.29 is 14.3 Å². The first kappa shape index (κ1) is 16.9. The minimum absolute atomic E-state index is 0.0146. The van der Waals surface area contributed by atoms with E-state index in [0.29, 0.717) is 18.8 Å². The Bertz CT molecular complexity index is 462. The summed E-state index contributed by atoms with van der Waals surface area (Å²) in [5.41, 5.74) is 6.68. The summed E-state index contributed by atoms with van der Waals surface area (Å²) in [4.78, 5) is 22.3. The van der Waals surface area contributed by atoms with Crippen molar-refractivity contribution in [1.82, 2.24) is 10.6 Å². The molecule has 5 N–H and O–H groups in total. The SMILES string of the molecule is COCCNC(=O)CNC(C)c1ccc(NC(N)=O)cc1. The van der Waals surface area contributed by atoms with Crippen LogP contribution in [0.2, 0.25) is 0 Å². The van der Waals surface area contributed by atoms with Gasteiger partial charge in [0.25, 0.3) is 0 Å². The highest BCUT2D eigenvalue weighted by Crippen LogP contribution is 2.15. The first-order valence-corrected chi connectivity index (χ1v) is 6.68. The third-order valence-electron chi connectivity index (χ3n) is 2.88. The normalized spacial score (nSPS) is 11.7. The highest BCUT2D eigenvalue weighted by atomic mass is 16.5. The molecule has 0 fully saturated rings. The molecule has 0 saturated heterocycles. The molecule has 0 aliphatic rings. The second-order valence-corrected chi connectivity index (χ2v) is 4.56. The van der Waals surface area contributed by atoms with E-state index in [0.717, 1.165) is 5.56 Å². The van der Waals surface area contributed by atoms with Crippen molar-refractivity contribution in [2.45, 2.75) is 13.0 Å². The highest BCUT2D eigenvalue weighted by molar-refractivity contribution is 5.87. The Hall–Kier alpha value is -2.12. The number of urea groups is 1. The van der Waals surface area contributed by atoms with Gasteiger partial charge in [-0.05, 0) is 24.6 Å². The fraction of sp³-hybridized carbons (Fsp3) is 0.429. The number of nitrogens with two attached hydrogens (primary N) is 1. The maximum atomic E-state index is 11.5. The lowest BCUT2D eigenvalue weighted by molar-refractivity contribution is -0.120. The third kappa shape index (κ3) is 6.73. The quantitative estimate of drug-likeness (QED) is 0.527. The van der Waals surface area contributed by atoms with Gasteiger partial charge in [-0.25, -0.2) is 4.79 Å². The number of hydrogen-bond acceptors (Lipinski definition) is 4. The van der Waals surface area contributed by atoms with E-state index in [1.807, 2.05) is 19.1 Å². The van der Waals surface area contributed by atoms with E-state index in [9.17, 15) is 9.59 Å². The fourth-order valence-electron chi connectivity index (χ4n) is 1.72. The van der Waals surface area contributed by atoms with Gasteiger partial charge in [0.05, 0.1) is 13.2 Å². The predicted octanol–water partition coefficient (Wildman–Crippen LogP) is 0.590. The van der Waals surface area contributed by atoms with Gasteiger partial charge < -0.3 is 26.4 Å². The molecule has 7 nitrogen and oxygen atoms in total. The molecule has 0 heterocycles. The highest BCUT2D eigenvalue weighted by Gasteiger charge is 2.07. The lowest BCUT2D eigenvalue weighted by Crippen LogP contribution is -2.36. The van der Waals surface area contributed by atoms with Crippen molar-refractivity contribution in [2.24, 2.45) is 5.73 Å². The van der Waals surface area contributed by atoms with Crippen LogP contribution in [0.3, 0.4) is 0 Å². The molecule has 0 aromatic heterocycles. The van der Waals surface area contributed by atoms with Gasteiger partial charge in [0.2, 0.25) is 5.91 Å². The molecule has 0 saturated carbocycles. The van der Waals surface area contributed by atoms with Gasteiger partial charge in [0, 0.05) is 25.4 Å².